The van der Waals surface area contributed by atoms with Crippen molar-refractivity contribution in [3.63, 3.8) is 0 Å². The quantitative estimate of drug-likeness (QED) is 0.666. The van der Waals surface area contributed by atoms with Gasteiger partial charge in [-0.25, -0.2) is 0 Å². The number of nitrogens with zero attached hydrogens (tertiary/aromatic N) is 1. The number of nitrogens with one attached hydrogen (secondary N) is 1. The fourth-order valence-electron chi connectivity index (χ4n) is 3.13. The van der Waals surface area contributed by atoms with E-state index < -0.39 is 5.91 Å². The fraction of sp³-hybridized carbons (Fsp3) is 0.286. The van der Waals surface area contributed by atoms with Crippen LogP contribution in [0.5, 0.6) is 11.5 Å². The lowest BCUT2D eigenvalue weighted by Gasteiger charge is -2.16. The maximum atomic E-state index is 12.5. The van der Waals surface area contributed by atoms with Gasteiger partial charge in [-0.1, -0.05) is 23.7 Å². The smallest absolute Gasteiger partial charge is 0.255 e. The molecule has 3 amide bonds. The second kappa shape index (κ2) is 9.49. The summed E-state index contributed by atoms with van der Waals surface area (Å²) in [6.45, 7) is 0.671. The molecule has 8 nitrogen and oxygen atoms in total. The molecule has 0 bridgehead atoms. The van der Waals surface area contributed by atoms with Gasteiger partial charge in [-0.05, 0) is 36.2 Å². The molecule has 158 valence electrons. The van der Waals surface area contributed by atoms with Gasteiger partial charge in [-0.2, -0.15) is 0 Å². The first-order valence-electron chi connectivity index (χ1n) is 9.35. The number of methoxy groups -OCH3 is 1. The van der Waals surface area contributed by atoms with Gasteiger partial charge in [-0.3, -0.25) is 14.4 Å². The van der Waals surface area contributed by atoms with Crippen LogP contribution in [-0.4, -0.2) is 38.0 Å². The fourth-order valence-corrected chi connectivity index (χ4v) is 3.40. The lowest BCUT2D eigenvalue weighted by atomic mass is 10.1. The predicted molar refractivity (Wildman–Crippen MR) is 112 cm³/mol. The van der Waals surface area contributed by atoms with Crippen LogP contribution < -0.4 is 25.4 Å². The molecular weight excluding hydrogens is 410 g/mol. The van der Waals surface area contributed by atoms with Gasteiger partial charge in [0.05, 0.1) is 12.1 Å². The maximum absolute atomic E-state index is 12.5. The Hall–Kier alpha value is -3.26. The zero-order valence-electron chi connectivity index (χ0n) is 16.4. The molecule has 0 aromatic heterocycles. The van der Waals surface area contributed by atoms with Crippen molar-refractivity contribution in [1.82, 2.24) is 5.32 Å². The molecule has 0 spiro atoms. The Morgan fingerprint density at radius 1 is 1.23 bits per heavy atom. The Balaban J connectivity index is 1.65. The number of primary amides is 1. The standard InChI is InChI=1S/C21H22ClN3O5/c1-29-17-10-14(9-16(22)20(17)30-12-18(23)26)21(28)24-11-13-4-6-15(7-5-13)25-8-2-3-19(25)27/h4-7,9-10H,2-3,8,11-12H2,1H3,(H2,23,26)(H,24,28). The van der Waals surface area contributed by atoms with Gasteiger partial charge < -0.3 is 25.4 Å². The van der Waals surface area contributed by atoms with E-state index in [1.165, 1.54) is 19.2 Å². The summed E-state index contributed by atoms with van der Waals surface area (Å²) in [5.41, 5.74) is 7.10. The van der Waals surface area contributed by atoms with E-state index in [1.807, 2.05) is 24.3 Å². The van der Waals surface area contributed by atoms with Crippen LogP contribution in [0.2, 0.25) is 5.02 Å². The second-order valence-corrected chi connectivity index (χ2v) is 7.15. The van der Waals surface area contributed by atoms with E-state index >= 15 is 0 Å². The minimum Gasteiger partial charge on any atom is -0.493 e. The number of benzene rings is 2. The molecule has 9 heteroatoms. The maximum Gasteiger partial charge on any atom is 0.255 e. The number of halogens is 1. The summed E-state index contributed by atoms with van der Waals surface area (Å²) in [6.07, 6.45) is 1.45. The molecule has 3 N–H and O–H groups in total. The first-order chi connectivity index (χ1) is 14.4. The number of carbonyl (C=O) groups excluding carboxylic acids is 3. The number of carbonyl (C=O) groups is 3. The number of hydrogen-bond donors (Lipinski definition) is 2. The van der Waals surface area contributed by atoms with Crippen LogP contribution in [0.1, 0.15) is 28.8 Å². The second-order valence-electron chi connectivity index (χ2n) is 6.74. The summed E-state index contributed by atoms with van der Waals surface area (Å²) in [5, 5.41) is 2.94. The largest absolute Gasteiger partial charge is 0.493 e. The third-order valence-electron chi connectivity index (χ3n) is 4.62. The first-order valence-corrected chi connectivity index (χ1v) is 9.73. The number of hydrogen-bond acceptors (Lipinski definition) is 5. The van der Waals surface area contributed by atoms with Crippen molar-refractivity contribution in [2.24, 2.45) is 5.73 Å². The van der Waals surface area contributed by atoms with Gasteiger partial charge in [-0.15, -0.1) is 0 Å². The highest BCUT2D eigenvalue weighted by atomic mass is 35.5. The Labute approximate surface area is 178 Å². The van der Waals surface area contributed by atoms with Crippen LogP contribution in [0.3, 0.4) is 0 Å². The molecule has 1 aliphatic rings. The van der Waals surface area contributed by atoms with Gasteiger partial charge in [0.25, 0.3) is 11.8 Å². The Kier molecular flexibility index (Phi) is 6.79. The van der Waals surface area contributed by atoms with Crippen LogP contribution in [0.4, 0.5) is 5.69 Å². The van der Waals surface area contributed by atoms with Crippen molar-refractivity contribution in [3.05, 3.63) is 52.5 Å². The van der Waals surface area contributed by atoms with E-state index in [-0.39, 0.29) is 40.5 Å². The van der Waals surface area contributed by atoms with E-state index in [1.54, 1.807) is 4.90 Å². The van der Waals surface area contributed by atoms with Gasteiger partial charge in [0.15, 0.2) is 18.1 Å². The SMILES string of the molecule is COc1cc(C(=O)NCc2ccc(N3CCCC3=O)cc2)cc(Cl)c1OCC(N)=O. The highest BCUT2D eigenvalue weighted by Crippen LogP contribution is 2.36. The van der Waals surface area contributed by atoms with Crippen molar-refractivity contribution < 1.29 is 23.9 Å². The third kappa shape index (κ3) is 5.01. The molecule has 0 radical (unpaired) electrons. The summed E-state index contributed by atoms with van der Waals surface area (Å²) in [6, 6.07) is 10.4. The Morgan fingerprint density at radius 2 is 1.97 bits per heavy atom. The number of rotatable bonds is 8. The van der Waals surface area contributed by atoms with Crippen LogP contribution in [0.25, 0.3) is 0 Å². The predicted octanol–water partition coefficient (Wildman–Crippen LogP) is 2.27. The number of ether oxygens (including phenoxy) is 2. The molecular formula is C21H22ClN3O5. The highest BCUT2D eigenvalue weighted by Gasteiger charge is 2.21. The third-order valence-corrected chi connectivity index (χ3v) is 4.91. The van der Waals surface area contributed by atoms with Crippen molar-refractivity contribution in [2.45, 2.75) is 19.4 Å². The Bertz CT molecular complexity index is 962. The molecule has 3 rings (SSSR count). The molecule has 0 atom stereocenters. The molecule has 30 heavy (non-hydrogen) atoms. The van der Waals surface area contributed by atoms with Crippen LogP contribution in [0, 0.1) is 0 Å². The zero-order chi connectivity index (χ0) is 21.7. The number of amides is 3. The van der Waals surface area contributed by atoms with E-state index in [4.69, 9.17) is 26.8 Å². The van der Waals surface area contributed by atoms with Crippen molar-refractivity contribution in [2.75, 3.05) is 25.2 Å². The summed E-state index contributed by atoms with van der Waals surface area (Å²) in [7, 11) is 1.40. The molecule has 0 aliphatic carbocycles. The minimum atomic E-state index is -0.657. The van der Waals surface area contributed by atoms with E-state index in [0.29, 0.717) is 13.0 Å². The average Bonchev–Trinajstić information content (AvgIpc) is 3.16. The van der Waals surface area contributed by atoms with E-state index in [0.717, 1.165) is 24.2 Å². The normalized spacial score (nSPS) is 13.3. The lowest BCUT2D eigenvalue weighted by Crippen LogP contribution is -2.24. The van der Waals surface area contributed by atoms with Crippen molar-refractivity contribution in [1.29, 1.82) is 0 Å². The molecule has 1 aliphatic heterocycles. The van der Waals surface area contributed by atoms with Crippen molar-refractivity contribution in [3.8, 4) is 11.5 Å². The molecule has 1 saturated heterocycles. The van der Waals surface area contributed by atoms with Gasteiger partial charge in [0.2, 0.25) is 5.91 Å². The van der Waals surface area contributed by atoms with Crippen LogP contribution in [0.15, 0.2) is 36.4 Å². The van der Waals surface area contributed by atoms with E-state index in [2.05, 4.69) is 5.32 Å². The van der Waals surface area contributed by atoms with Crippen LogP contribution >= 0.6 is 11.6 Å². The van der Waals surface area contributed by atoms with Gasteiger partial charge in [0, 0.05) is 30.8 Å². The molecule has 2 aromatic carbocycles. The number of anilines is 1. The average molecular weight is 432 g/mol. The Morgan fingerprint density at radius 3 is 2.57 bits per heavy atom. The molecule has 0 saturated carbocycles. The molecule has 1 heterocycles. The van der Waals surface area contributed by atoms with Gasteiger partial charge >= 0.3 is 0 Å². The van der Waals surface area contributed by atoms with Crippen molar-refractivity contribution >= 4 is 35.0 Å². The summed E-state index contributed by atoms with van der Waals surface area (Å²) in [4.78, 5) is 37.1. The monoisotopic (exact) mass is 431 g/mol. The summed E-state index contributed by atoms with van der Waals surface area (Å²) >= 11 is 6.18. The number of nitrogens with two attached hydrogens (primary N) is 1. The van der Waals surface area contributed by atoms with E-state index in [9.17, 15) is 14.4 Å². The molecule has 0 unspecified atom stereocenters. The lowest BCUT2D eigenvalue weighted by molar-refractivity contribution is -0.120. The summed E-state index contributed by atoms with van der Waals surface area (Å²) in [5.74, 6) is -0.522. The minimum absolute atomic E-state index is 0.125. The molecule has 1 fully saturated rings. The van der Waals surface area contributed by atoms with Gasteiger partial charge in [0.1, 0.15) is 0 Å². The topological polar surface area (TPSA) is 111 Å². The van der Waals surface area contributed by atoms with Crippen LogP contribution in [-0.2, 0) is 16.1 Å². The zero-order valence-corrected chi connectivity index (χ0v) is 17.2. The molecule has 2 aromatic rings. The highest BCUT2D eigenvalue weighted by molar-refractivity contribution is 6.32. The first kappa shape index (κ1) is 21.4. The summed E-state index contributed by atoms with van der Waals surface area (Å²) < 4.78 is 10.5.